The zero-order chi connectivity index (χ0) is 11.1. The summed E-state index contributed by atoms with van der Waals surface area (Å²) in [6, 6.07) is 5.01. The van der Waals surface area contributed by atoms with Gasteiger partial charge in [-0.05, 0) is 18.6 Å². The zero-order valence-electron chi connectivity index (χ0n) is 8.40. The Morgan fingerprint density at radius 1 is 1.47 bits per heavy atom. The topological polar surface area (TPSA) is 68.3 Å². The second kappa shape index (κ2) is 5.74. The van der Waals surface area contributed by atoms with Crippen molar-refractivity contribution in [2.45, 2.75) is 13.3 Å². The average Bonchev–Trinajstić information content (AvgIpc) is 2.27. The second-order valence-corrected chi connectivity index (χ2v) is 2.81. The summed E-state index contributed by atoms with van der Waals surface area (Å²) in [4.78, 5) is 26.1. The maximum atomic E-state index is 11.2. The minimum atomic E-state index is -0.887. The first kappa shape index (κ1) is 11.2. The zero-order valence-corrected chi connectivity index (χ0v) is 8.40. The Kier molecular flexibility index (Phi) is 4.28. The van der Waals surface area contributed by atoms with E-state index in [-0.39, 0.29) is 6.61 Å². The molecule has 0 aliphatic rings. The Labute approximate surface area is 87.5 Å². The molecule has 0 bridgehead atoms. The van der Waals surface area contributed by atoms with Crippen molar-refractivity contribution in [1.29, 1.82) is 0 Å². The highest BCUT2D eigenvalue weighted by Gasteiger charge is 2.14. The number of aromatic nitrogens is 1. The summed E-state index contributed by atoms with van der Waals surface area (Å²) in [6.07, 6.45) is 2.20. The molecule has 0 saturated heterocycles. The summed E-state index contributed by atoms with van der Waals surface area (Å²) in [7, 11) is 0. The Balaban J connectivity index is 2.45. The van der Waals surface area contributed by atoms with E-state index >= 15 is 0 Å². The standard InChI is InChI=1S/C10H12N2O3/c1-2-7-15-10(14)9(13)12-8-5-3-4-6-11-8/h3-6H,2,7H2,1H3,(H,11,12,13). The smallest absolute Gasteiger partial charge is 0.397 e. The molecule has 0 aliphatic carbocycles. The number of carbonyl (C=O) groups is 2. The van der Waals surface area contributed by atoms with Gasteiger partial charge >= 0.3 is 11.9 Å². The molecule has 1 aromatic heterocycles. The fourth-order valence-corrected chi connectivity index (χ4v) is 0.864. The van der Waals surface area contributed by atoms with Gasteiger partial charge in [0.25, 0.3) is 0 Å². The fourth-order valence-electron chi connectivity index (χ4n) is 0.864. The summed E-state index contributed by atoms with van der Waals surface area (Å²) in [6.45, 7) is 2.10. The van der Waals surface area contributed by atoms with E-state index in [1.807, 2.05) is 6.92 Å². The summed E-state index contributed by atoms with van der Waals surface area (Å²) in [5, 5.41) is 2.33. The SMILES string of the molecule is CCCOC(=O)C(=O)Nc1ccccn1. The van der Waals surface area contributed by atoms with Crippen molar-refractivity contribution in [3.8, 4) is 0 Å². The Morgan fingerprint density at radius 2 is 2.27 bits per heavy atom. The van der Waals surface area contributed by atoms with Gasteiger partial charge in [-0.3, -0.25) is 4.79 Å². The first-order valence-corrected chi connectivity index (χ1v) is 4.63. The number of hydrogen-bond acceptors (Lipinski definition) is 4. The van der Waals surface area contributed by atoms with Crippen LogP contribution in [0, 0.1) is 0 Å². The number of nitrogens with one attached hydrogen (secondary N) is 1. The van der Waals surface area contributed by atoms with Crippen LogP contribution in [0.3, 0.4) is 0 Å². The third-order valence-electron chi connectivity index (χ3n) is 1.53. The van der Waals surface area contributed by atoms with E-state index in [9.17, 15) is 9.59 Å². The van der Waals surface area contributed by atoms with Gasteiger partial charge in [0.1, 0.15) is 5.82 Å². The Bertz CT molecular complexity index is 338. The van der Waals surface area contributed by atoms with Crippen LogP contribution in [0.15, 0.2) is 24.4 Å². The van der Waals surface area contributed by atoms with Gasteiger partial charge in [-0.15, -0.1) is 0 Å². The molecule has 0 spiro atoms. The molecule has 1 heterocycles. The number of anilines is 1. The maximum absolute atomic E-state index is 11.2. The number of nitrogens with zero attached hydrogens (tertiary/aromatic N) is 1. The van der Waals surface area contributed by atoms with Crippen molar-refractivity contribution >= 4 is 17.7 Å². The molecule has 0 aromatic carbocycles. The van der Waals surface area contributed by atoms with Crippen molar-refractivity contribution in [2.24, 2.45) is 0 Å². The number of esters is 1. The van der Waals surface area contributed by atoms with E-state index in [0.717, 1.165) is 0 Å². The third kappa shape index (κ3) is 3.76. The molecule has 1 N–H and O–H groups in total. The van der Waals surface area contributed by atoms with Crippen molar-refractivity contribution in [3.05, 3.63) is 24.4 Å². The van der Waals surface area contributed by atoms with E-state index in [2.05, 4.69) is 15.0 Å². The van der Waals surface area contributed by atoms with E-state index in [1.165, 1.54) is 6.20 Å². The molecule has 0 radical (unpaired) electrons. The number of rotatable bonds is 3. The first-order valence-electron chi connectivity index (χ1n) is 4.63. The molecule has 0 unspecified atom stereocenters. The van der Waals surface area contributed by atoms with Gasteiger partial charge in [-0.2, -0.15) is 0 Å². The highest BCUT2D eigenvalue weighted by molar-refractivity contribution is 6.37. The molecule has 15 heavy (non-hydrogen) atoms. The minimum Gasteiger partial charge on any atom is -0.459 e. The van der Waals surface area contributed by atoms with E-state index in [0.29, 0.717) is 12.2 Å². The summed E-state index contributed by atoms with van der Waals surface area (Å²) in [5.41, 5.74) is 0. The van der Waals surface area contributed by atoms with Crippen molar-refractivity contribution in [1.82, 2.24) is 4.98 Å². The molecular weight excluding hydrogens is 196 g/mol. The van der Waals surface area contributed by atoms with Gasteiger partial charge in [0.2, 0.25) is 0 Å². The molecule has 1 aromatic rings. The molecule has 5 nitrogen and oxygen atoms in total. The van der Waals surface area contributed by atoms with E-state index < -0.39 is 11.9 Å². The van der Waals surface area contributed by atoms with Crippen LogP contribution in [-0.4, -0.2) is 23.5 Å². The van der Waals surface area contributed by atoms with Crippen LogP contribution >= 0.6 is 0 Å². The van der Waals surface area contributed by atoms with Crippen molar-refractivity contribution < 1.29 is 14.3 Å². The first-order chi connectivity index (χ1) is 7.24. The molecule has 0 fully saturated rings. The van der Waals surface area contributed by atoms with Crippen LogP contribution in [0.4, 0.5) is 5.82 Å². The number of amides is 1. The molecule has 80 valence electrons. The van der Waals surface area contributed by atoms with Gasteiger partial charge in [0.15, 0.2) is 0 Å². The lowest BCUT2D eigenvalue weighted by Gasteiger charge is -2.03. The van der Waals surface area contributed by atoms with Gasteiger partial charge in [-0.1, -0.05) is 13.0 Å². The second-order valence-electron chi connectivity index (χ2n) is 2.81. The van der Waals surface area contributed by atoms with Crippen molar-refractivity contribution in [3.63, 3.8) is 0 Å². The number of hydrogen-bond donors (Lipinski definition) is 1. The summed E-state index contributed by atoms with van der Waals surface area (Å²) < 4.78 is 4.65. The number of ether oxygens (including phenoxy) is 1. The lowest BCUT2D eigenvalue weighted by atomic mass is 10.4. The van der Waals surface area contributed by atoms with Crippen LogP contribution < -0.4 is 5.32 Å². The Hall–Kier alpha value is -1.91. The summed E-state index contributed by atoms with van der Waals surface area (Å²) in [5.74, 6) is -1.36. The normalized spacial score (nSPS) is 9.40. The minimum absolute atomic E-state index is 0.245. The largest absolute Gasteiger partial charge is 0.459 e. The van der Waals surface area contributed by atoms with E-state index in [4.69, 9.17) is 0 Å². The molecular formula is C10H12N2O3. The van der Waals surface area contributed by atoms with Gasteiger partial charge in [0.05, 0.1) is 6.61 Å². The van der Waals surface area contributed by atoms with Gasteiger partial charge in [-0.25, -0.2) is 9.78 Å². The summed E-state index contributed by atoms with van der Waals surface area (Å²) >= 11 is 0. The molecule has 0 atom stereocenters. The molecule has 1 rings (SSSR count). The molecule has 0 saturated carbocycles. The number of carbonyl (C=O) groups excluding carboxylic acids is 2. The average molecular weight is 208 g/mol. The molecule has 1 amide bonds. The van der Waals surface area contributed by atoms with Crippen LogP contribution in [0.1, 0.15) is 13.3 Å². The maximum Gasteiger partial charge on any atom is 0.397 e. The molecule has 0 aliphatic heterocycles. The van der Waals surface area contributed by atoms with Crippen LogP contribution in [0.25, 0.3) is 0 Å². The number of pyridine rings is 1. The highest BCUT2D eigenvalue weighted by atomic mass is 16.5. The van der Waals surface area contributed by atoms with Gasteiger partial charge < -0.3 is 10.1 Å². The van der Waals surface area contributed by atoms with E-state index in [1.54, 1.807) is 18.2 Å². The Morgan fingerprint density at radius 3 is 2.87 bits per heavy atom. The fraction of sp³-hybridized carbons (Fsp3) is 0.300. The lowest BCUT2D eigenvalue weighted by Crippen LogP contribution is -2.25. The monoisotopic (exact) mass is 208 g/mol. The lowest BCUT2D eigenvalue weighted by molar-refractivity contribution is -0.152. The van der Waals surface area contributed by atoms with Crippen LogP contribution in [-0.2, 0) is 14.3 Å². The van der Waals surface area contributed by atoms with Gasteiger partial charge in [0, 0.05) is 6.20 Å². The predicted octanol–water partition coefficient (Wildman–Crippen LogP) is 0.973. The predicted molar refractivity (Wildman–Crippen MR) is 54.1 cm³/mol. The third-order valence-corrected chi connectivity index (χ3v) is 1.53. The van der Waals surface area contributed by atoms with Crippen molar-refractivity contribution in [2.75, 3.05) is 11.9 Å². The quantitative estimate of drug-likeness (QED) is 0.593. The van der Waals surface area contributed by atoms with Crippen LogP contribution in [0.5, 0.6) is 0 Å². The molecule has 5 heteroatoms. The highest BCUT2D eigenvalue weighted by Crippen LogP contribution is 1.99. The van der Waals surface area contributed by atoms with Crippen LogP contribution in [0.2, 0.25) is 0 Å².